The molecule has 0 aromatic carbocycles. The van der Waals surface area contributed by atoms with Crippen LogP contribution in [0.1, 0.15) is 54.9 Å². The van der Waals surface area contributed by atoms with Crippen molar-refractivity contribution in [1.82, 2.24) is 9.80 Å². The average Bonchev–Trinajstić information content (AvgIpc) is 2.56. The monoisotopic (exact) mass is 384 g/mol. The van der Waals surface area contributed by atoms with E-state index in [0.717, 1.165) is 13.0 Å². The molecule has 0 spiro atoms. The zero-order valence-electron chi connectivity index (χ0n) is 18.1. The molecule has 1 aliphatic rings. The number of carbonyl (C=O) groups excluding carboxylic acids is 3. The molecule has 1 fully saturated rings. The Kier molecular flexibility index (Phi) is 7.84. The number of nitrogens with zero attached hydrogens (tertiary/aromatic N) is 2. The van der Waals surface area contributed by atoms with Crippen LogP contribution in [0.2, 0.25) is 0 Å². The maximum absolute atomic E-state index is 12.5. The molecule has 1 aliphatic heterocycles. The highest BCUT2D eigenvalue weighted by molar-refractivity contribution is 5.82. The van der Waals surface area contributed by atoms with Crippen molar-refractivity contribution in [3.63, 3.8) is 0 Å². The van der Waals surface area contributed by atoms with Gasteiger partial charge in [-0.1, -0.05) is 20.8 Å². The van der Waals surface area contributed by atoms with Crippen LogP contribution < -0.4 is 0 Å². The first-order valence-corrected chi connectivity index (χ1v) is 9.58. The van der Waals surface area contributed by atoms with E-state index in [0.29, 0.717) is 19.6 Å². The lowest BCUT2D eigenvalue weighted by molar-refractivity contribution is -0.149. The van der Waals surface area contributed by atoms with E-state index in [1.807, 2.05) is 6.92 Å². The van der Waals surface area contributed by atoms with Crippen molar-refractivity contribution in [2.24, 2.45) is 11.3 Å². The molecule has 0 aromatic heterocycles. The van der Waals surface area contributed by atoms with Gasteiger partial charge in [0.05, 0.1) is 7.11 Å². The van der Waals surface area contributed by atoms with Crippen LogP contribution in [0.3, 0.4) is 0 Å². The molecule has 1 rings (SSSR count). The molecule has 0 N–H and O–H groups in total. The number of amides is 1. The molecule has 0 saturated carbocycles. The second-order valence-electron chi connectivity index (χ2n) is 9.08. The predicted molar refractivity (Wildman–Crippen MR) is 103 cm³/mol. The van der Waals surface area contributed by atoms with Crippen LogP contribution in [0.15, 0.2) is 0 Å². The summed E-state index contributed by atoms with van der Waals surface area (Å²) in [5.41, 5.74) is -0.753. The van der Waals surface area contributed by atoms with Crippen LogP contribution in [-0.2, 0) is 19.1 Å². The summed E-state index contributed by atoms with van der Waals surface area (Å²) >= 11 is 0. The highest BCUT2D eigenvalue weighted by atomic mass is 16.6. The Balaban J connectivity index is 2.78. The van der Waals surface area contributed by atoms with Crippen LogP contribution in [0, 0.1) is 11.3 Å². The molecule has 2 atom stereocenters. The minimum Gasteiger partial charge on any atom is -0.467 e. The third kappa shape index (κ3) is 6.79. The standard InChI is InChI=1S/C20H36N2O5/c1-14(15(2)23)20(6,7)9-10-21-11-12-22(16(13-21)17(24)26-8)18(25)27-19(3,4)5/h14,16H,9-13H2,1-8H3/t14-,16+/m0/s1. The average molecular weight is 385 g/mol. The molecule has 7 nitrogen and oxygen atoms in total. The van der Waals surface area contributed by atoms with Gasteiger partial charge in [0, 0.05) is 25.6 Å². The number of ether oxygens (including phenoxy) is 2. The number of carbonyl (C=O) groups is 3. The summed E-state index contributed by atoms with van der Waals surface area (Å²) in [5, 5.41) is 0. The number of rotatable bonds is 6. The van der Waals surface area contributed by atoms with Gasteiger partial charge < -0.3 is 9.47 Å². The third-order valence-electron chi connectivity index (χ3n) is 5.42. The molecule has 0 bridgehead atoms. The van der Waals surface area contributed by atoms with E-state index in [2.05, 4.69) is 18.7 Å². The number of hydrogen-bond acceptors (Lipinski definition) is 6. The Morgan fingerprint density at radius 2 is 1.70 bits per heavy atom. The summed E-state index contributed by atoms with van der Waals surface area (Å²) < 4.78 is 10.3. The normalized spacial score (nSPS) is 20.1. The van der Waals surface area contributed by atoms with E-state index >= 15 is 0 Å². The molecule has 7 heteroatoms. The van der Waals surface area contributed by atoms with Crippen molar-refractivity contribution < 1.29 is 23.9 Å². The summed E-state index contributed by atoms with van der Waals surface area (Å²) in [5.74, 6) is -0.291. The Labute approximate surface area is 163 Å². The van der Waals surface area contributed by atoms with E-state index in [1.165, 1.54) is 12.0 Å². The van der Waals surface area contributed by atoms with Gasteiger partial charge >= 0.3 is 12.1 Å². The van der Waals surface area contributed by atoms with Gasteiger partial charge in [0.2, 0.25) is 0 Å². The predicted octanol–water partition coefficient (Wildman–Crippen LogP) is 2.72. The molecule has 0 unspecified atom stereocenters. The lowest BCUT2D eigenvalue weighted by atomic mass is 9.75. The smallest absolute Gasteiger partial charge is 0.411 e. The van der Waals surface area contributed by atoms with Gasteiger partial charge in [-0.05, 0) is 46.1 Å². The summed E-state index contributed by atoms with van der Waals surface area (Å²) in [4.78, 5) is 40.0. The summed E-state index contributed by atoms with van der Waals surface area (Å²) in [6, 6.07) is -0.688. The molecule has 156 valence electrons. The van der Waals surface area contributed by atoms with Gasteiger partial charge in [0.1, 0.15) is 17.4 Å². The van der Waals surface area contributed by atoms with Gasteiger partial charge in [0.25, 0.3) is 0 Å². The first-order chi connectivity index (χ1) is 12.3. The van der Waals surface area contributed by atoms with Crippen LogP contribution >= 0.6 is 0 Å². The number of methoxy groups -OCH3 is 1. The number of Topliss-reactive ketones (excluding diaryl/α,β-unsaturated/α-hetero) is 1. The Bertz CT molecular complexity index is 553. The Morgan fingerprint density at radius 1 is 1.11 bits per heavy atom. The molecule has 1 amide bonds. The minimum atomic E-state index is -0.688. The van der Waals surface area contributed by atoms with Crippen LogP contribution in [-0.4, -0.2) is 72.6 Å². The Morgan fingerprint density at radius 3 is 2.19 bits per heavy atom. The zero-order chi connectivity index (χ0) is 21.0. The van der Waals surface area contributed by atoms with E-state index in [4.69, 9.17) is 9.47 Å². The quantitative estimate of drug-likeness (QED) is 0.656. The largest absolute Gasteiger partial charge is 0.467 e. The summed E-state index contributed by atoms with van der Waals surface area (Å²) in [7, 11) is 1.33. The molecule has 0 radical (unpaired) electrons. The highest BCUT2D eigenvalue weighted by Gasteiger charge is 2.39. The van der Waals surface area contributed by atoms with E-state index in [-0.39, 0.29) is 17.1 Å². The first kappa shape index (κ1) is 23.4. The molecular formula is C20H36N2O5. The van der Waals surface area contributed by atoms with Crippen LogP contribution in [0.5, 0.6) is 0 Å². The molecule has 1 saturated heterocycles. The van der Waals surface area contributed by atoms with Crippen molar-refractivity contribution in [2.75, 3.05) is 33.3 Å². The molecule has 0 aromatic rings. The number of ketones is 1. The van der Waals surface area contributed by atoms with Gasteiger partial charge in [-0.25, -0.2) is 9.59 Å². The number of hydrogen-bond donors (Lipinski definition) is 0. The second kappa shape index (κ2) is 9.04. The van der Waals surface area contributed by atoms with Crippen molar-refractivity contribution in [2.45, 2.75) is 66.5 Å². The fraction of sp³-hybridized carbons (Fsp3) is 0.850. The lowest BCUT2D eigenvalue weighted by Crippen LogP contribution is -2.59. The van der Waals surface area contributed by atoms with Crippen molar-refractivity contribution in [3.05, 3.63) is 0 Å². The molecule has 0 aliphatic carbocycles. The number of piperazine rings is 1. The van der Waals surface area contributed by atoms with Gasteiger partial charge in [-0.3, -0.25) is 14.6 Å². The van der Waals surface area contributed by atoms with Gasteiger partial charge in [-0.2, -0.15) is 0 Å². The lowest BCUT2D eigenvalue weighted by Gasteiger charge is -2.41. The summed E-state index contributed by atoms with van der Waals surface area (Å²) in [6.07, 6.45) is 0.330. The van der Waals surface area contributed by atoms with E-state index < -0.39 is 23.7 Å². The van der Waals surface area contributed by atoms with E-state index in [1.54, 1.807) is 27.7 Å². The highest BCUT2D eigenvalue weighted by Crippen LogP contribution is 2.31. The number of esters is 1. The van der Waals surface area contributed by atoms with Gasteiger partial charge in [-0.15, -0.1) is 0 Å². The fourth-order valence-electron chi connectivity index (χ4n) is 3.13. The minimum absolute atomic E-state index is 0.0306. The maximum Gasteiger partial charge on any atom is 0.411 e. The van der Waals surface area contributed by atoms with Crippen molar-refractivity contribution in [3.8, 4) is 0 Å². The second-order valence-corrected chi connectivity index (χ2v) is 9.08. The molecular weight excluding hydrogens is 348 g/mol. The first-order valence-electron chi connectivity index (χ1n) is 9.58. The van der Waals surface area contributed by atoms with Crippen LogP contribution in [0.4, 0.5) is 4.79 Å². The SMILES string of the molecule is COC(=O)[C@H]1CN(CCC(C)(C)[C@@H](C)C(C)=O)CCN1C(=O)OC(C)(C)C. The molecule has 27 heavy (non-hydrogen) atoms. The van der Waals surface area contributed by atoms with Crippen molar-refractivity contribution >= 4 is 17.8 Å². The van der Waals surface area contributed by atoms with Crippen LogP contribution in [0.25, 0.3) is 0 Å². The zero-order valence-corrected chi connectivity index (χ0v) is 18.1. The molecule has 1 heterocycles. The fourth-order valence-corrected chi connectivity index (χ4v) is 3.13. The van der Waals surface area contributed by atoms with Gasteiger partial charge in [0.15, 0.2) is 0 Å². The topological polar surface area (TPSA) is 76.2 Å². The van der Waals surface area contributed by atoms with E-state index in [9.17, 15) is 14.4 Å². The third-order valence-corrected chi connectivity index (χ3v) is 5.42. The maximum atomic E-state index is 12.5. The summed E-state index contributed by atoms with van der Waals surface area (Å²) in [6.45, 7) is 15.4. The Hall–Kier alpha value is -1.63. The van der Waals surface area contributed by atoms with Crippen molar-refractivity contribution in [1.29, 1.82) is 0 Å².